The van der Waals surface area contributed by atoms with E-state index in [9.17, 15) is 8.78 Å². The zero-order valence-corrected chi connectivity index (χ0v) is 8.11. The van der Waals surface area contributed by atoms with Crippen molar-refractivity contribution < 1.29 is 13.9 Å². The summed E-state index contributed by atoms with van der Waals surface area (Å²) in [6, 6.07) is 0.225. The lowest BCUT2D eigenvalue weighted by atomic mass is 9.89. The van der Waals surface area contributed by atoms with Gasteiger partial charge >= 0.3 is 6.55 Å². The predicted molar refractivity (Wildman–Crippen MR) is 49.3 cm³/mol. The molecular weight excluding hydrogens is 204 g/mol. The van der Waals surface area contributed by atoms with Crippen molar-refractivity contribution in [3.05, 3.63) is 18.2 Å². The number of hydrogen-bond donors (Lipinski definition) is 2. The molecule has 0 atom stereocenters. The highest BCUT2D eigenvalue weighted by atomic mass is 19.3. The zero-order valence-electron chi connectivity index (χ0n) is 8.11. The first-order chi connectivity index (χ1) is 7.16. The van der Waals surface area contributed by atoms with E-state index in [2.05, 4.69) is 10.3 Å². The fourth-order valence-corrected chi connectivity index (χ4v) is 1.65. The fraction of sp³-hybridized carbons (Fsp3) is 0.667. The Labute approximate surface area is 85.9 Å². The van der Waals surface area contributed by atoms with E-state index >= 15 is 0 Å². The molecule has 4 nitrogen and oxygen atoms in total. The Hall–Kier alpha value is -1.01. The second-order valence-corrected chi connectivity index (χ2v) is 3.73. The Morgan fingerprint density at radius 3 is 2.93 bits per heavy atom. The van der Waals surface area contributed by atoms with E-state index in [-0.39, 0.29) is 12.1 Å². The molecule has 84 valence electrons. The number of nitrogens with one attached hydrogen (secondary N) is 1. The molecule has 1 aliphatic carbocycles. The van der Waals surface area contributed by atoms with Gasteiger partial charge < -0.3 is 10.4 Å². The maximum atomic E-state index is 12.4. The minimum absolute atomic E-state index is 0.225. The highest BCUT2D eigenvalue weighted by Crippen LogP contribution is 2.20. The van der Waals surface area contributed by atoms with Crippen molar-refractivity contribution in [1.29, 1.82) is 0 Å². The molecule has 0 spiro atoms. The van der Waals surface area contributed by atoms with Gasteiger partial charge in [-0.2, -0.15) is 8.78 Å². The molecule has 2 rings (SSSR count). The van der Waals surface area contributed by atoms with Crippen LogP contribution in [0.15, 0.2) is 12.4 Å². The predicted octanol–water partition coefficient (Wildman–Crippen LogP) is 0.891. The van der Waals surface area contributed by atoms with Crippen LogP contribution in [0.5, 0.6) is 0 Å². The first kappa shape index (κ1) is 10.5. The first-order valence-electron chi connectivity index (χ1n) is 4.88. The molecule has 1 aromatic heterocycles. The maximum absolute atomic E-state index is 12.4. The minimum Gasteiger partial charge on any atom is -0.393 e. The molecule has 1 heterocycles. The Bertz CT molecular complexity index is 323. The van der Waals surface area contributed by atoms with Crippen LogP contribution in [0, 0.1) is 0 Å². The largest absolute Gasteiger partial charge is 0.393 e. The summed E-state index contributed by atoms with van der Waals surface area (Å²) in [6.45, 7) is -2.23. The van der Waals surface area contributed by atoms with E-state index in [1.807, 2.05) is 0 Å². The molecule has 1 fully saturated rings. The number of aliphatic hydroxyl groups excluding tert-OH is 1. The molecule has 0 saturated heterocycles. The topological polar surface area (TPSA) is 50.1 Å². The summed E-state index contributed by atoms with van der Waals surface area (Å²) in [5, 5.41) is 12.1. The van der Waals surface area contributed by atoms with Crippen molar-refractivity contribution in [1.82, 2.24) is 14.9 Å². The number of nitrogens with zero attached hydrogens (tertiary/aromatic N) is 2. The summed E-state index contributed by atoms with van der Waals surface area (Å²) in [6.07, 6.45) is 3.76. The molecule has 1 aliphatic rings. The van der Waals surface area contributed by atoms with Crippen LogP contribution in [0.1, 0.15) is 25.2 Å². The monoisotopic (exact) mass is 217 g/mol. The zero-order chi connectivity index (χ0) is 10.8. The van der Waals surface area contributed by atoms with Crippen molar-refractivity contribution in [3.8, 4) is 0 Å². The molecule has 15 heavy (non-hydrogen) atoms. The van der Waals surface area contributed by atoms with Gasteiger partial charge in [-0.1, -0.05) is 0 Å². The van der Waals surface area contributed by atoms with Crippen LogP contribution in [0.2, 0.25) is 0 Å². The molecule has 0 radical (unpaired) electrons. The number of alkyl halides is 2. The maximum Gasteiger partial charge on any atom is 0.319 e. The van der Waals surface area contributed by atoms with Gasteiger partial charge in [-0.05, 0) is 12.8 Å². The van der Waals surface area contributed by atoms with E-state index < -0.39 is 6.55 Å². The Morgan fingerprint density at radius 2 is 2.33 bits per heavy atom. The van der Waals surface area contributed by atoms with Gasteiger partial charge in [0, 0.05) is 18.4 Å². The van der Waals surface area contributed by atoms with E-state index in [0.29, 0.717) is 25.2 Å². The lowest BCUT2D eigenvalue weighted by molar-refractivity contribution is 0.0557. The Morgan fingerprint density at radius 1 is 1.60 bits per heavy atom. The van der Waals surface area contributed by atoms with Crippen molar-refractivity contribution in [2.45, 2.75) is 38.1 Å². The van der Waals surface area contributed by atoms with Gasteiger partial charge in [0.05, 0.1) is 12.6 Å². The SMILES string of the molecule is OC1CC(NCc2nccn2C(F)F)C1. The lowest BCUT2D eigenvalue weighted by Gasteiger charge is -2.32. The van der Waals surface area contributed by atoms with Crippen LogP contribution >= 0.6 is 0 Å². The van der Waals surface area contributed by atoms with E-state index in [0.717, 1.165) is 4.57 Å². The highest BCUT2D eigenvalue weighted by molar-refractivity contribution is 4.94. The van der Waals surface area contributed by atoms with Gasteiger partial charge in [0.25, 0.3) is 0 Å². The third-order valence-electron chi connectivity index (χ3n) is 2.62. The molecule has 0 amide bonds. The number of rotatable bonds is 4. The number of imidazole rings is 1. The van der Waals surface area contributed by atoms with Crippen molar-refractivity contribution in [3.63, 3.8) is 0 Å². The van der Waals surface area contributed by atoms with Crippen LogP contribution in [0.4, 0.5) is 8.78 Å². The summed E-state index contributed by atoms with van der Waals surface area (Å²) < 4.78 is 25.6. The van der Waals surface area contributed by atoms with Crippen LogP contribution in [0.3, 0.4) is 0 Å². The molecule has 1 aromatic rings. The van der Waals surface area contributed by atoms with Crippen LogP contribution in [-0.4, -0.2) is 26.8 Å². The minimum atomic E-state index is -2.55. The molecule has 1 saturated carbocycles. The van der Waals surface area contributed by atoms with E-state index in [4.69, 9.17) is 5.11 Å². The summed E-state index contributed by atoms with van der Waals surface area (Å²) in [7, 11) is 0. The van der Waals surface area contributed by atoms with Crippen molar-refractivity contribution in [2.75, 3.05) is 0 Å². The third-order valence-corrected chi connectivity index (χ3v) is 2.62. The molecule has 0 bridgehead atoms. The van der Waals surface area contributed by atoms with Crippen LogP contribution < -0.4 is 5.32 Å². The Balaban J connectivity index is 1.85. The average Bonchev–Trinajstić information content (AvgIpc) is 2.58. The third kappa shape index (κ3) is 2.32. The summed E-state index contributed by atoms with van der Waals surface area (Å²) >= 11 is 0. The fourth-order valence-electron chi connectivity index (χ4n) is 1.65. The molecule has 6 heteroatoms. The standard InChI is InChI=1S/C9H13F2N3O/c10-9(11)14-2-1-12-8(14)5-13-6-3-7(15)4-6/h1-2,6-7,9,13,15H,3-5H2. The van der Waals surface area contributed by atoms with Crippen LogP contribution in [0.25, 0.3) is 0 Å². The van der Waals surface area contributed by atoms with Gasteiger partial charge in [0.15, 0.2) is 0 Å². The van der Waals surface area contributed by atoms with Gasteiger partial charge in [-0.3, -0.25) is 4.57 Å². The number of hydrogen-bond acceptors (Lipinski definition) is 3. The molecule has 0 unspecified atom stereocenters. The smallest absolute Gasteiger partial charge is 0.319 e. The second-order valence-electron chi connectivity index (χ2n) is 3.73. The quantitative estimate of drug-likeness (QED) is 0.787. The molecule has 0 aromatic carbocycles. The highest BCUT2D eigenvalue weighted by Gasteiger charge is 2.26. The molecule has 0 aliphatic heterocycles. The molecule has 2 N–H and O–H groups in total. The normalized spacial score (nSPS) is 25.6. The van der Waals surface area contributed by atoms with Gasteiger partial charge in [0.1, 0.15) is 5.82 Å². The van der Waals surface area contributed by atoms with Gasteiger partial charge in [-0.15, -0.1) is 0 Å². The van der Waals surface area contributed by atoms with Crippen molar-refractivity contribution in [2.24, 2.45) is 0 Å². The number of aromatic nitrogens is 2. The van der Waals surface area contributed by atoms with Crippen molar-refractivity contribution >= 4 is 0 Å². The van der Waals surface area contributed by atoms with Gasteiger partial charge in [0.2, 0.25) is 0 Å². The number of halogens is 2. The van der Waals surface area contributed by atoms with E-state index in [1.54, 1.807) is 0 Å². The lowest BCUT2D eigenvalue weighted by Crippen LogP contribution is -2.44. The van der Waals surface area contributed by atoms with Crippen LogP contribution in [-0.2, 0) is 6.54 Å². The summed E-state index contributed by atoms with van der Waals surface area (Å²) in [4.78, 5) is 3.84. The summed E-state index contributed by atoms with van der Waals surface area (Å²) in [5.74, 6) is 0.325. The summed E-state index contributed by atoms with van der Waals surface area (Å²) in [5.41, 5.74) is 0. The number of aliphatic hydroxyl groups is 1. The van der Waals surface area contributed by atoms with E-state index in [1.165, 1.54) is 12.4 Å². The first-order valence-corrected chi connectivity index (χ1v) is 4.88. The average molecular weight is 217 g/mol. The Kier molecular flexibility index (Phi) is 2.97. The second kappa shape index (κ2) is 4.24. The van der Waals surface area contributed by atoms with Gasteiger partial charge in [-0.25, -0.2) is 4.98 Å². The molecular formula is C9H13F2N3O.